The summed E-state index contributed by atoms with van der Waals surface area (Å²) < 4.78 is 0. The van der Waals surface area contributed by atoms with E-state index >= 15 is 0 Å². The van der Waals surface area contributed by atoms with Gasteiger partial charge in [-0.1, -0.05) is 17.9 Å². The van der Waals surface area contributed by atoms with E-state index in [0.717, 1.165) is 23.0 Å². The highest BCUT2D eigenvalue weighted by Crippen LogP contribution is 2.07. The summed E-state index contributed by atoms with van der Waals surface area (Å²) in [5.41, 5.74) is 2.64. The van der Waals surface area contributed by atoms with E-state index in [2.05, 4.69) is 17.2 Å². The van der Waals surface area contributed by atoms with Crippen LogP contribution in [0.3, 0.4) is 0 Å². The third-order valence-corrected chi connectivity index (χ3v) is 1.89. The summed E-state index contributed by atoms with van der Waals surface area (Å²) in [6, 6.07) is 5.58. The zero-order chi connectivity index (χ0) is 10.4. The van der Waals surface area contributed by atoms with E-state index in [0.29, 0.717) is 6.54 Å². The van der Waals surface area contributed by atoms with E-state index in [4.69, 9.17) is 0 Å². The molecule has 0 amide bonds. The third-order valence-electron chi connectivity index (χ3n) is 1.89. The zero-order valence-corrected chi connectivity index (χ0v) is 8.42. The van der Waals surface area contributed by atoms with Crippen molar-refractivity contribution in [3.63, 3.8) is 0 Å². The minimum absolute atomic E-state index is 0.675. The Labute approximate surface area is 84.3 Å². The van der Waals surface area contributed by atoms with E-state index in [1.807, 2.05) is 26.1 Å². The summed E-state index contributed by atoms with van der Waals surface area (Å²) in [5, 5.41) is 2.95. The normalized spacial score (nSPS) is 9.00. The summed E-state index contributed by atoms with van der Waals surface area (Å²) >= 11 is 0. The summed E-state index contributed by atoms with van der Waals surface area (Å²) in [6.07, 6.45) is 0.861. The maximum Gasteiger partial charge on any atom is 0.150 e. The molecule has 0 heterocycles. The molecule has 0 aliphatic rings. The molecule has 1 aromatic carbocycles. The monoisotopic (exact) mass is 187 g/mol. The van der Waals surface area contributed by atoms with Crippen molar-refractivity contribution in [2.45, 2.75) is 6.92 Å². The van der Waals surface area contributed by atoms with Gasteiger partial charge in [0, 0.05) is 11.1 Å². The summed E-state index contributed by atoms with van der Waals surface area (Å²) in [5.74, 6) is 5.98. The number of rotatable bonds is 2. The number of carbonyl (C=O) groups excluding carboxylic acids is 1. The van der Waals surface area contributed by atoms with Gasteiger partial charge in [0.2, 0.25) is 0 Å². The second-order valence-corrected chi connectivity index (χ2v) is 3.02. The number of aryl methyl sites for hydroxylation is 1. The van der Waals surface area contributed by atoms with Crippen LogP contribution in [-0.2, 0) is 0 Å². The lowest BCUT2D eigenvalue weighted by Gasteiger charge is -1.97. The zero-order valence-electron chi connectivity index (χ0n) is 8.42. The lowest BCUT2D eigenvalue weighted by atomic mass is 10.1. The molecule has 72 valence electrons. The van der Waals surface area contributed by atoms with Crippen molar-refractivity contribution in [2.75, 3.05) is 13.6 Å². The average molecular weight is 187 g/mol. The maximum absolute atomic E-state index is 10.6. The first-order valence-corrected chi connectivity index (χ1v) is 4.47. The first kappa shape index (κ1) is 10.5. The SMILES string of the molecule is CNCC#Cc1ccc(C=O)c(C)c1. The van der Waals surface area contributed by atoms with Crippen LogP contribution >= 0.6 is 0 Å². The molecular formula is C12H13NO. The molecule has 0 bridgehead atoms. The van der Waals surface area contributed by atoms with Crippen molar-refractivity contribution in [3.8, 4) is 11.8 Å². The van der Waals surface area contributed by atoms with Gasteiger partial charge in [-0.2, -0.15) is 0 Å². The van der Waals surface area contributed by atoms with Crippen molar-refractivity contribution in [1.29, 1.82) is 0 Å². The van der Waals surface area contributed by atoms with Gasteiger partial charge in [-0.05, 0) is 31.7 Å². The molecule has 0 saturated heterocycles. The molecule has 0 fully saturated rings. The van der Waals surface area contributed by atoms with Crippen molar-refractivity contribution in [1.82, 2.24) is 5.32 Å². The minimum atomic E-state index is 0.675. The fourth-order valence-electron chi connectivity index (χ4n) is 1.12. The summed E-state index contributed by atoms with van der Waals surface area (Å²) in [7, 11) is 1.86. The Hall–Kier alpha value is -1.59. The Morgan fingerprint density at radius 3 is 2.86 bits per heavy atom. The maximum atomic E-state index is 10.6. The quantitative estimate of drug-likeness (QED) is 0.560. The van der Waals surface area contributed by atoms with Gasteiger partial charge in [0.05, 0.1) is 6.54 Å². The smallest absolute Gasteiger partial charge is 0.150 e. The van der Waals surface area contributed by atoms with Crippen LogP contribution in [0.25, 0.3) is 0 Å². The number of nitrogens with one attached hydrogen (secondary N) is 1. The molecule has 0 atom stereocenters. The topological polar surface area (TPSA) is 29.1 Å². The van der Waals surface area contributed by atoms with Crippen LogP contribution in [0.5, 0.6) is 0 Å². The highest BCUT2D eigenvalue weighted by molar-refractivity contribution is 5.77. The predicted molar refractivity (Wildman–Crippen MR) is 57.4 cm³/mol. The molecule has 0 radical (unpaired) electrons. The Balaban J connectivity index is 2.88. The van der Waals surface area contributed by atoms with Crippen molar-refractivity contribution < 1.29 is 4.79 Å². The van der Waals surface area contributed by atoms with Crippen LogP contribution in [0.15, 0.2) is 18.2 Å². The molecular weight excluding hydrogens is 174 g/mol. The first-order valence-electron chi connectivity index (χ1n) is 4.47. The highest BCUT2D eigenvalue weighted by Gasteiger charge is 1.95. The largest absolute Gasteiger partial charge is 0.309 e. The second-order valence-electron chi connectivity index (χ2n) is 3.02. The number of carbonyl (C=O) groups is 1. The summed E-state index contributed by atoms with van der Waals surface area (Å²) in [6.45, 7) is 2.58. The first-order chi connectivity index (χ1) is 6.77. The lowest BCUT2D eigenvalue weighted by molar-refractivity contribution is 0.112. The van der Waals surface area contributed by atoms with Crippen LogP contribution in [0.4, 0.5) is 0 Å². The molecule has 1 aromatic rings. The van der Waals surface area contributed by atoms with Gasteiger partial charge in [-0.3, -0.25) is 4.79 Å². The molecule has 0 aliphatic carbocycles. The lowest BCUT2D eigenvalue weighted by Crippen LogP contribution is -2.04. The third kappa shape index (κ3) is 2.72. The molecule has 0 aromatic heterocycles. The number of hydrogen-bond acceptors (Lipinski definition) is 2. The van der Waals surface area contributed by atoms with Gasteiger partial charge in [0.1, 0.15) is 6.29 Å². The van der Waals surface area contributed by atoms with E-state index in [1.54, 1.807) is 6.07 Å². The number of hydrogen-bond donors (Lipinski definition) is 1. The van der Waals surface area contributed by atoms with Crippen LogP contribution in [0, 0.1) is 18.8 Å². The molecule has 14 heavy (non-hydrogen) atoms. The predicted octanol–water partition coefficient (Wildman–Crippen LogP) is 1.38. The molecule has 1 N–H and O–H groups in total. The molecule has 0 unspecified atom stereocenters. The highest BCUT2D eigenvalue weighted by atomic mass is 16.1. The average Bonchev–Trinajstić information content (AvgIpc) is 2.18. The Kier molecular flexibility index (Phi) is 3.90. The van der Waals surface area contributed by atoms with Gasteiger partial charge in [-0.25, -0.2) is 0 Å². The summed E-state index contributed by atoms with van der Waals surface area (Å²) in [4.78, 5) is 10.6. The Morgan fingerprint density at radius 2 is 2.29 bits per heavy atom. The van der Waals surface area contributed by atoms with Crippen LogP contribution in [-0.4, -0.2) is 19.9 Å². The van der Waals surface area contributed by atoms with Crippen LogP contribution in [0.1, 0.15) is 21.5 Å². The fraction of sp³-hybridized carbons (Fsp3) is 0.250. The molecule has 2 nitrogen and oxygen atoms in total. The van der Waals surface area contributed by atoms with E-state index < -0.39 is 0 Å². The standard InChI is InChI=1S/C12H13NO/c1-10-8-11(4-3-7-13-2)5-6-12(10)9-14/h5-6,8-9,13H,7H2,1-2H3. The molecule has 0 saturated carbocycles. The Morgan fingerprint density at radius 1 is 1.50 bits per heavy atom. The van der Waals surface area contributed by atoms with Crippen molar-refractivity contribution in [2.24, 2.45) is 0 Å². The van der Waals surface area contributed by atoms with Crippen LogP contribution < -0.4 is 5.32 Å². The van der Waals surface area contributed by atoms with Gasteiger partial charge in [0.15, 0.2) is 0 Å². The van der Waals surface area contributed by atoms with Gasteiger partial charge in [-0.15, -0.1) is 0 Å². The number of aldehydes is 1. The van der Waals surface area contributed by atoms with E-state index in [-0.39, 0.29) is 0 Å². The van der Waals surface area contributed by atoms with Gasteiger partial charge >= 0.3 is 0 Å². The molecule has 1 rings (SSSR count). The Bertz CT molecular complexity index is 385. The van der Waals surface area contributed by atoms with Crippen molar-refractivity contribution in [3.05, 3.63) is 34.9 Å². The molecule has 2 heteroatoms. The van der Waals surface area contributed by atoms with Crippen molar-refractivity contribution >= 4 is 6.29 Å². The van der Waals surface area contributed by atoms with Gasteiger partial charge < -0.3 is 5.32 Å². The minimum Gasteiger partial charge on any atom is -0.309 e. The number of benzene rings is 1. The fourth-order valence-corrected chi connectivity index (χ4v) is 1.12. The van der Waals surface area contributed by atoms with Crippen LogP contribution in [0.2, 0.25) is 0 Å². The van der Waals surface area contributed by atoms with E-state index in [9.17, 15) is 4.79 Å². The molecule has 0 aliphatic heterocycles. The molecule has 0 spiro atoms. The van der Waals surface area contributed by atoms with Gasteiger partial charge in [0.25, 0.3) is 0 Å². The van der Waals surface area contributed by atoms with E-state index in [1.165, 1.54) is 0 Å². The second kappa shape index (κ2) is 5.21.